The molecule has 1 amide bonds. The monoisotopic (exact) mass is 290 g/mol. The third-order valence-electron chi connectivity index (χ3n) is 4.44. The van der Waals surface area contributed by atoms with Gasteiger partial charge in [-0.1, -0.05) is 30.3 Å². The van der Waals surface area contributed by atoms with E-state index in [1.54, 1.807) is 0 Å². The highest BCUT2D eigenvalue weighted by atomic mass is 16.3. The van der Waals surface area contributed by atoms with Gasteiger partial charge in [-0.15, -0.1) is 0 Å². The van der Waals surface area contributed by atoms with Gasteiger partial charge in [-0.05, 0) is 50.1 Å². The molecule has 2 rings (SSSR count). The summed E-state index contributed by atoms with van der Waals surface area (Å²) in [5.74, 6) is 0.741. The predicted molar refractivity (Wildman–Crippen MR) is 83.7 cm³/mol. The Labute approximate surface area is 126 Å². The molecule has 0 radical (unpaired) electrons. The van der Waals surface area contributed by atoms with Crippen molar-refractivity contribution in [3.63, 3.8) is 0 Å². The Bertz CT molecular complexity index is 428. The van der Waals surface area contributed by atoms with Crippen LogP contribution in [0.5, 0.6) is 0 Å². The maximum Gasteiger partial charge on any atom is 0.223 e. The molecule has 4 nitrogen and oxygen atoms in total. The van der Waals surface area contributed by atoms with Crippen molar-refractivity contribution in [1.29, 1.82) is 0 Å². The summed E-state index contributed by atoms with van der Waals surface area (Å²) in [6, 6.07) is 9.74. The van der Waals surface area contributed by atoms with E-state index in [9.17, 15) is 9.90 Å². The number of hydrogen-bond acceptors (Lipinski definition) is 3. The highest BCUT2D eigenvalue weighted by Gasteiger charge is 2.26. The molecule has 1 aromatic carbocycles. The van der Waals surface area contributed by atoms with E-state index in [4.69, 9.17) is 5.73 Å². The largest absolute Gasteiger partial charge is 0.394 e. The van der Waals surface area contributed by atoms with Crippen molar-refractivity contribution >= 4 is 5.91 Å². The summed E-state index contributed by atoms with van der Waals surface area (Å²) in [4.78, 5) is 12.3. The van der Waals surface area contributed by atoms with Gasteiger partial charge in [0, 0.05) is 5.92 Å². The van der Waals surface area contributed by atoms with Gasteiger partial charge in [0.25, 0.3) is 0 Å². The van der Waals surface area contributed by atoms with Crippen LogP contribution in [0, 0.1) is 11.8 Å². The van der Waals surface area contributed by atoms with Gasteiger partial charge in [-0.3, -0.25) is 4.79 Å². The number of rotatable bonds is 6. The van der Waals surface area contributed by atoms with Gasteiger partial charge >= 0.3 is 0 Å². The Hall–Kier alpha value is -1.39. The number of aliphatic hydroxyl groups excluding tert-OH is 1. The summed E-state index contributed by atoms with van der Waals surface area (Å²) in [6.07, 6.45) is 4.57. The molecule has 1 fully saturated rings. The Morgan fingerprint density at radius 3 is 2.48 bits per heavy atom. The molecule has 1 aromatic rings. The number of carbonyl (C=O) groups is 1. The minimum Gasteiger partial charge on any atom is -0.394 e. The molecule has 4 N–H and O–H groups in total. The van der Waals surface area contributed by atoms with Gasteiger partial charge < -0.3 is 16.2 Å². The first-order valence-electron chi connectivity index (χ1n) is 7.88. The van der Waals surface area contributed by atoms with Gasteiger partial charge in [-0.25, -0.2) is 0 Å². The van der Waals surface area contributed by atoms with Crippen LogP contribution in [-0.2, 0) is 11.2 Å². The summed E-state index contributed by atoms with van der Waals surface area (Å²) in [7, 11) is 0. The van der Waals surface area contributed by atoms with Crippen LogP contribution in [0.4, 0.5) is 0 Å². The lowest BCUT2D eigenvalue weighted by Crippen LogP contribution is -2.43. The number of hydrogen-bond donors (Lipinski definition) is 3. The molecule has 0 heterocycles. The number of nitrogens with one attached hydrogen (secondary N) is 1. The molecular formula is C17H26N2O2. The summed E-state index contributed by atoms with van der Waals surface area (Å²) in [5, 5.41) is 12.5. The molecule has 4 heteroatoms. The SMILES string of the molecule is NCC1CCC(C(=O)N[C@@H](CO)Cc2ccccc2)CC1. The van der Waals surface area contributed by atoms with Crippen LogP contribution in [0.1, 0.15) is 31.2 Å². The van der Waals surface area contributed by atoms with Crippen molar-refractivity contribution in [3.8, 4) is 0 Å². The molecule has 1 atom stereocenters. The predicted octanol–water partition coefficient (Wildman–Crippen LogP) is 1.47. The quantitative estimate of drug-likeness (QED) is 0.742. The normalized spacial score (nSPS) is 23.5. The van der Waals surface area contributed by atoms with E-state index in [0.717, 1.165) is 37.8 Å². The smallest absolute Gasteiger partial charge is 0.223 e. The average Bonchev–Trinajstić information content (AvgIpc) is 2.55. The van der Waals surface area contributed by atoms with E-state index < -0.39 is 0 Å². The summed E-state index contributed by atoms with van der Waals surface area (Å²) < 4.78 is 0. The molecule has 1 saturated carbocycles. The second-order valence-electron chi connectivity index (χ2n) is 6.03. The summed E-state index contributed by atoms with van der Waals surface area (Å²) in [6.45, 7) is 0.695. The lowest BCUT2D eigenvalue weighted by molar-refractivity contribution is -0.127. The van der Waals surface area contributed by atoms with Crippen molar-refractivity contribution in [2.45, 2.75) is 38.1 Å². The minimum atomic E-state index is -0.202. The molecule has 0 aliphatic heterocycles. The fourth-order valence-corrected chi connectivity index (χ4v) is 3.04. The molecule has 0 spiro atoms. The Kier molecular flexibility index (Phi) is 6.21. The zero-order valence-corrected chi connectivity index (χ0v) is 12.5. The van der Waals surface area contributed by atoms with Crippen LogP contribution in [0.2, 0.25) is 0 Å². The maximum atomic E-state index is 12.3. The number of carbonyl (C=O) groups excluding carboxylic acids is 1. The first-order chi connectivity index (χ1) is 10.2. The van der Waals surface area contributed by atoms with E-state index in [2.05, 4.69) is 5.32 Å². The van der Waals surface area contributed by atoms with Gasteiger partial charge in [-0.2, -0.15) is 0 Å². The number of nitrogens with two attached hydrogens (primary N) is 1. The van der Waals surface area contributed by atoms with Crippen LogP contribution in [0.3, 0.4) is 0 Å². The average molecular weight is 290 g/mol. The van der Waals surface area contributed by atoms with E-state index in [1.807, 2.05) is 30.3 Å². The molecule has 1 aliphatic rings. The molecule has 0 bridgehead atoms. The van der Waals surface area contributed by atoms with Crippen molar-refractivity contribution in [2.24, 2.45) is 17.6 Å². The van der Waals surface area contributed by atoms with E-state index >= 15 is 0 Å². The van der Waals surface area contributed by atoms with Crippen LogP contribution in [0.25, 0.3) is 0 Å². The minimum absolute atomic E-state index is 0.0290. The maximum absolute atomic E-state index is 12.3. The third kappa shape index (κ3) is 4.83. The molecule has 0 aromatic heterocycles. The lowest BCUT2D eigenvalue weighted by Gasteiger charge is -2.28. The molecule has 116 valence electrons. The number of benzene rings is 1. The third-order valence-corrected chi connectivity index (χ3v) is 4.44. The number of amides is 1. The Morgan fingerprint density at radius 1 is 1.24 bits per heavy atom. The van der Waals surface area contributed by atoms with Gasteiger partial charge in [0.05, 0.1) is 12.6 Å². The van der Waals surface area contributed by atoms with Crippen LogP contribution in [-0.4, -0.2) is 30.2 Å². The fraction of sp³-hybridized carbons (Fsp3) is 0.588. The molecule has 0 saturated heterocycles. The zero-order valence-electron chi connectivity index (χ0n) is 12.5. The Balaban J connectivity index is 1.82. The van der Waals surface area contributed by atoms with E-state index in [1.165, 1.54) is 0 Å². The standard InChI is InChI=1S/C17H26N2O2/c18-11-14-6-8-15(9-7-14)17(21)19-16(12-20)10-13-4-2-1-3-5-13/h1-5,14-16,20H,6-12,18H2,(H,19,21)/t14?,15?,16-/m1/s1. The van der Waals surface area contributed by atoms with Crippen LogP contribution in [0.15, 0.2) is 30.3 Å². The second kappa shape index (κ2) is 8.15. The fourth-order valence-electron chi connectivity index (χ4n) is 3.04. The van der Waals surface area contributed by atoms with Gasteiger partial charge in [0.1, 0.15) is 0 Å². The van der Waals surface area contributed by atoms with Gasteiger partial charge in [0.15, 0.2) is 0 Å². The van der Waals surface area contributed by atoms with Crippen LogP contribution < -0.4 is 11.1 Å². The first-order valence-corrected chi connectivity index (χ1v) is 7.88. The topological polar surface area (TPSA) is 75.4 Å². The van der Waals surface area contributed by atoms with E-state index in [-0.39, 0.29) is 24.5 Å². The summed E-state index contributed by atoms with van der Waals surface area (Å²) >= 11 is 0. The lowest BCUT2D eigenvalue weighted by atomic mass is 9.81. The Morgan fingerprint density at radius 2 is 1.90 bits per heavy atom. The van der Waals surface area contributed by atoms with Crippen molar-refractivity contribution in [2.75, 3.05) is 13.2 Å². The summed E-state index contributed by atoms with van der Waals surface area (Å²) in [5.41, 5.74) is 6.81. The second-order valence-corrected chi connectivity index (χ2v) is 6.03. The van der Waals surface area contributed by atoms with Gasteiger partial charge in [0.2, 0.25) is 5.91 Å². The number of aliphatic hydroxyl groups is 1. The van der Waals surface area contributed by atoms with Crippen molar-refractivity contribution < 1.29 is 9.90 Å². The molecular weight excluding hydrogens is 264 g/mol. The molecule has 21 heavy (non-hydrogen) atoms. The van der Waals surface area contributed by atoms with Crippen molar-refractivity contribution in [3.05, 3.63) is 35.9 Å². The van der Waals surface area contributed by atoms with Crippen molar-refractivity contribution in [1.82, 2.24) is 5.32 Å². The van der Waals surface area contributed by atoms with Crippen LogP contribution >= 0.6 is 0 Å². The molecule has 0 unspecified atom stereocenters. The van der Waals surface area contributed by atoms with E-state index in [0.29, 0.717) is 12.3 Å². The highest BCUT2D eigenvalue weighted by molar-refractivity contribution is 5.79. The highest BCUT2D eigenvalue weighted by Crippen LogP contribution is 2.28. The first kappa shape index (κ1) is 16.0. The zero-order chi connectivity index (χ0) is 15.1. The molecule has 1 aliphatic carbocycles.